The van der Waals surface area contributed by atoms with Crippen LogP contribution in [-0.4, -0.2) is 38.7 Å². The number of carbonyl (C=O) groups is 1. The maximum absolute atomic E-state index is 13.2. The monoisotopic (exact) mass is 388 g/mol. The Balaban J connectivity index is 1.20. The summed E-state index contributed by atoms with van der Waals surface area (Å²) in [5, 5.41) is 14.8. The van der Waals surface area contributed by atoms with E-state index in [9.17, 15) is 4.79 Å². The number of carbonyl (C=O) groups excluding carboxylic acids is 1. The fraction of sp³-hybridized carbons (Fsp3) is 0.429. The van der Waals surface area contributed by atoms with Gasteiger partial charge < -0.3 is 4.74 Å². The van der Waals surface area contributed by atoms with Crippen LogP contribution in [0.25, 0.3) is 0 Å². The van der Waals surface area contributed by atoms with Crippen LogP contribution in [0.3, 0.4) is 0 Å². The van der Waals surface area contributed by atoms with Gasteiger partial charge in [0.15, 0.2) is 0 Å². The second-order valence-corrected chi connectivity index (χ2v) is 8.38. The second-order valence-electron chi connectivity index (χ2n) is 8.38. The van der Waals surface area contributed by atoms with Crippen molar-refractivity contribution in [3.63, 3.8) is 0 Å². The second kappa shape index (κ2) is 6.34. The van der Waals surface area contributed by atoms with E-state index in [0.717, 1.165) is 30.7 Å². The highest BCUT2D eigenvalue weighted by atomic mass is 16.5. The van der Waals surface area contributed by atoms with Gasteiger partial charge in [-0.25, -0.2) is 9.99 Å². The Morgan fingerprint density at radius 1 is 1.24 bits per heavy atom. The number of hydrazone groups is 1. The molecule has 1 aliphatic heterocycles. The van der Waals surface area contributed by atoms with Crippen LogP contribution < -0.4 is 4.74 Å². The summed E-state index contributed by atoms with van der Waals surface area (Å²) in [6, 6.07) is 5.27. The number of nitrogens with zero attached hydrogens (tertiary/aromatic N) is 6. The molecule has 3 aliphatic carbocycles. The zero-order valence-corrected chi connectivity index (χ0v) is 16.1. The van der Waals surface area contributed by atoms with Crippen LogP contribution in [0, 0.1) is 29.1 Å². The molecule has 2 aromatic rings. The Labute approximate surface area is 168 Å². The van der Waals surface area contributed by atoms with Crippen molar-refractivity contribution in [2.45, 2.75) is 38.6 Å². The number of aromatic nitrogens is 3. The van der Waals surface area contributed by atoms with Gasteiger partial charge in [0.1, 0.15) is 12.1 Å². The third-order valence-electron chi connectivity index (χ3n) is 6.17. The minimum Gasteiger partial charge on any atom is -0.477 e. The van der Waals surface area contributed by atoms with Crippen LogP contribution >= 0.6 is 0 Å². The molecule has 0 radical (unpaired) electrons. The van der Waals surface area contributed by atoms with E-state index in [1.165, 1.54) is 6.20 Å². The van der Waals surface area contributed by atoms with E-state index in [1.807, 2.05) is 13.0 Å². The third kappa shape index (κ3) is 2.85. The van der Waals surface area contributed by atoms with Crippen molar-refractivity contribution in [2.24, 2.45) is 15.9 Å². The van der Waals surface area contributed by atoms with Crippen LogP contribution in [0.15, 0.2) is 35.8 Å². The van der Waals surface area contributed by atoms with Crippen molar-refractivity contribution in [2.75, 3.05) is 6.61 Å². The van der Waals surface area contributed by atoms with Crippen LogP contribution in [0.4, 0.5) is 0 Å². The van der Waals surface area contributed by atoms with Crippen LogP contribution in [0.2, 0.25) is 0 Å². The molecular weight excluding hydrogens is 368 g/mol. The topological polar surface area (TPSA) is 104 Å². The van der Waals surface area contributed by atoms with E-state index in [0.29, 0.717) is 24.5 Å². The largest absolute Gasteiger partial charge is 0.477 e. The van der Waals surface area contributed by atoms with E-state index in [4.69, 9.17) is 10.00 Å². The van der Waals surface area contributed by atoms with Gasteiger partial charge in [-0.05, 0) is 32.3 Å². The molecule has 8 nitrogen and oxygen atoms in total. The Hall–Kier alpha value is -3.34. The van der Waals surface area contributed by atoms with Crippen molar-refractivity contribution in [3.8, 4) is 11.9 Å². The van der Waals surface area contributed by atoms with Gasteiger partial charge in [-0.3, -0.25) is 14.8 Å². The van der Waals surface area contributed by atoms with Gasteiger partial charge in [0, 0.05) is 36.5 Å². The molecule has 2 bridgehead atoms. The lowest BCUT2D eigenvalue weighted by molar-refractivity contribution is -0.227. The van der Waals surface area contributed by atoms with Gasteiger partial charge >= 0.3 is 0 Å². The van der Waals surface area contributed by atoms with Crippen molar-refractivity contribution in [1.82, 2.24) is 20.0 Å². The van der Waals surface area contributed by atoms with Gasteiger partial charge in [-0.2, -0.15) is 10.4 Å². The highest BCUT2D eigenvalue weighted by Crippen LogP contribution is 2.74. The lowest BCUT2D eigenvalue weighted by atomic mass is 9.35. The normalized spacial score (nSPS) is 29.0. The van der Waals surface area contributed by atoms with Crippen LogP contribution in [0.1, 0.15) is 48.7 Å². The van der Waals surface area contributed by atoms with Crippen molar-refractivity contribution in [3.05, 3.63) is 47.7 Å². The number of pyridine rings is 1. The molecule has 3 heterocycles. The molecule has 0 aromatic carbocycles. The van der Waals surface area contributed by atoms with Crippen molar-refractivity contribution in [1.29, 1.82) is 5.26 Å². The molecule has 1 unspecified atom stereocenters. The standard InChI is InChI=1S/C21H20N6O2/c1-14-7-24-16(9-23-14)17-4-5-26-27(17)19(28)21-10-20(11-21,12-21)13-29-18-3-2-15(6-22)8-25-18/h2-3,5,7-9,17H,4,10-13H2,1H3. The van der Waals surface area contributed by atoms with Crippen LogP contribution in [-0.2, 0) is 4.79 Å². The van der Waals surface area contributed by atoms with E-state index in [2.05, 4.69) is 20.1 Å². The zero-order chi connectivity index (χ0) is 20.1. The minimum atomic E-state index is -0.320. The number of hydrogen-bond acceptors (Lipinski definition) is 7. The van der Waals surface area contributed by atoms with E-state index >= 15 is 0 Å². The summed E-state index contributed by atoms with van der Waals surface area (Å²) in [6.07, 6.45) is 9.84. The average Bonchev–Trinajstić information content (AvgIpc) is 3.16. The SMILES string of the molecule is Cc1cnc(C2CC=NN2C(=O)C23CC(COc4ccc(C#N)cn4)(C2)C3)cn1. The zero-order valence-electron chi connectivity index (χ0n) is 16.1. The molecule has 0 saturated heterocycles. The van der Waals surface area contributed by atoms with Crippen molar-refractivity contribution >= 4 is 12.1 Å². The average molecular weight is 388 g/mol. The summed E-state index contributed by atoms with van der Waals surface area (Å²) >= 11 is 0. The predicted molar refractivity (Wildman–Crippen MR) is 103 cm³/mol. The Morgan fingerprint density at radius 3 is 2.72 bits per heavy atom. The fourth-order valence-electron chi connectivity index (χ4n) is 4.81. The number of nitriles is 1. The number of amides is 1. The molecule has 3 saturated carbocycles. The molecule has 1 atom stereocenters. The van der Waals surface area contributed by atoms with Gasteiger partial charge in [-0.15, -0.1) is 0 Å². The lowest BCUT2D eigenvalue weighted by Gasteiger charge is -2.69. The fourth-order valence-corrected chi connectivity index (χ4v) is 4.81. The quantitative estimate of drug-likeness (QED) is 0.780. The maximum Gasteiger partial charge on any atom is 0.249 e. The molecule has 29 heavy (non-hydrogen) atoms. The summed E-state index contributed by atoms with van der Waals surface area (Å²) in [6.45, 7) is 2.43. The summed E-state index contributed by atoms with van der Waals surface area (Å²) in [4.78, 5) is 26.1. The minimum absolute atomic E-state index is 0.0494. The van der Waals surface area contributed by atoms with E-state index in [-0.39, 0.29) is 22.8 Å². The molecule has 0 spiro atoms. The van der Waals surface area contributed by atoms with E-state index in [1.54, 1.807) is 35.7 Å². The molecule has 1 amide bonds. The third-order valence-corrected chi connectivity index (χ3v) is 6.17. The summed E-state index contributed by atoms with van der Waals surface area (Å²) in [5.74, 6) is 0.591. The van der Waals surface area contributed by atoms with Gasteiger partial charge in [0.05, 0.1) is 35.2 Å². The smallest absolute Gasteiger partial charge is 0.249 e. The number of ether oxygens (including phenoxy) is 1. The first kappa shape index (κ1) is 17.7. The summed E-state index contributed by atoms with van der Waals surface area (Å²) in [5.41, 5.74) is 1.86. The molecule has 8 heteroatoms. The van der Waals surface area contributed by atoms with Gasteiger partial charge in [-0.1, -0.05) is 0 Å². The molecule has 2 aromatic heterocycles. The molecule has 3 fully saturated rings. The Bertz CT molecular complexity index is 1000. The molecule has 6 rings (SSSR count). The van der Waals surface area contributed by atoms with Crippen LogP contribution in [0.5, 0.6) is 5.88 Å². The predicted octanol–water partition coefficient (Wildman–Crippen LogP) is 2.56. The van der Waals surface area contributed by atoms with Crippen molar-refractivity contribution < 1.29 is 9.53 Å². The highest BCUT2D eigenvalue weighted by Gasteiger charge is 2.73. The summed E-state index contributed by atoms with van der Waals surface area (Å²) < 4.78 is 5.81. The molecule has 146 valence electrons. The number of hydrogen-bond donors (Lipinski definition) is 0. The highest BCUT2D eigenvalue weighted by molar-refractivity contribution is 5.88. The summed E-state index contributed by atoms with van der Waals surface area (Å²) in [7, 11) is 0. The maximum atomic E-state index is 13.2. The first-order valence-corrected chi connectivity index (χ1v) is 9.66. The Kier molecular flexibility index (Phi) is 3.88. The lowest BCUT2D eigenvalue weighted by Crippen LogP contribution is -2.69. The van der Waals surface area contributed by atoms with E-state index < -0.39 is 0 Å². The number of aryl methyl sites for hydroxylation is 1. The van der Waals surface area contributed by atoms with Gasteiger partial charge in [0.25, 0.3) is 0 Å². The molecule has 0 N–H and O–H groups in total. The molecular formula is C21H20N6O2. The number of rotatable bonds is 5. The molecule has 4 aliphatic rings. The van der Waals surface area contributed by atoms with Gasteiger partial charge in [0.2, 0.25) is 11.8 Å². The first-order chi connectivity index (χ1) is 14.0. The first-order valence-electron chi connectivity index (χ1n) is 9.66. The Morgan fingerprint density at radius 2 is 2.07 bits per heavy atom.